The summed E-state index contributed by atoms with van der Waals surface area (Å²) in [6, 6.07) is 19.3. The van der Waals surface area contributed by atoms with Crippen molar-refractivity contribution in [2.24, 2.45) is 5.92 Å². The maximum atomic E-state index is 12.8. The molecule has 2 N–H and O–H groups in total. The zero-order chi connectivity index (χ0) is 22.1. The van der Waals surface area contributed by atoms with E-state index in [1.807, 2.05) is 30.3 Å². The minimum atomic E-state index is -3.77. The highest BCUT2D eigenvalue weighted by atomic mass is 32.2. The summed E-state index contributed by atoms with van der Waals surface area (Å²) in [5, 5.41) is 4.98. The van der Waals surface area contributed by atoms with Crippen molar-refractivity contribution in [3.63, 3.8) is 0 Å². The van der Waals surface area contributed by atoms with Crippen LogP contribution in [0.2, 0.25) is 0 Å². The lowest BCUT2D eigenvalue weighted by Gasteiger charge is -2.09. The highest BCUT2D eigenvalue weighted by molar-refractivity contribution is 7.92. The number of hydrogen-bond donors (Lipinski definition) is 2. The van der Waals surface area contributed by atoms with Gasteiger partial charge in [0.1, 0.15) is 5.82 Å². The lowest BCUT2D eigenvalue weighted by Crippen LogP contribution is -2.15. The summed E-state index contributed by atoms with van der Waals surface area (Å²) in [7, 11) is -3.77. The molecule has 0 aliphatic heterocycles. The molecule has 2 unspecified atom stereocenters. The van der Waals surface area contributed by atoms with E-state index in [4.69, 9.17) is 0 Å². The Morgan fingerprint density at radius 1 is 0.938 bits per heavy atom. The summed E-state index contributed by atoms with van der Waals surface area (Å²) < 4.78 is 27.9. The highest BCUT2D eigenvalue weighted by Crippen LogP contribution is 2.48. The molecule has 1 saturated carbocycles. The molecule has 2 atom stereocenters. The van der Waals surface area contributed by atoms with Crippen LogP contribution in [-0.2, 0) is 14.8 Å². The highest BCUT2D eigenvalue weighted by Gasteiger charge is 2.44. The number of fused-ring (bicyclic) bond motifs is 1. The molecule has 8 heteroatoms. The van der Waals surface area contributed by atoms with Crippen LogP contribution in [0.25, 0.3) is 10.8 Å². The summed E-state index contributed by atoms with van der Waals surface area (Å²) in [5.74, 6) is -0.00878. The molecule has 0 saturated heterocycles. The molecule has 0 bridgehead atoms. The van der Waals surface area contributed by atoms with Crippen LogP contribution in [0.3, 0.4) is 0 Å². The molecule has 1 amide bonds. The standard InChI is InChI=1S/C24H20N4O3S/c29-24(27-19-8-7-18-15-25-11-9-16(18)12-19)22-14-21(22)17-4-3-5-20(13-17)32(30,31)28-23-6-1-2-10-26-23/h1-13,15,21-22H,14H2,(H,26,28)(H,27,29). The molecular formula is C24H20N4O3S. The van der Waals surface area contributed by atoms with Crippen LogP contribution < -0.4 is 10.0 Å². The van der Waals surface area contributed by atoms with Crippen LogP contribution in [0.1, 0.15) is 17.9 Å². The van der Waals surface area contributed by atoms with Crippen molar-refractivity contribution in [2.45, 2.75) is 17.2 Å². The first-order chi connectivity index (χ1) is 15.5. The first-order valence-corrected chi connectivity index (χ1v) is 11.7. The fourth-order valence-corrected chi connectivity index (χ4v) is 4.84. The number of benzene rings is 2. The number of nitrogens with one attached hydrogen (secondary N) is 2. The monoisotopic (exact) mass is 444 g/mol. The molecule has 32 heavy (non-hydrogen) atoms. The maximum Gasteiger partial charge on any atom is 0.263 e. The number of sulfonamides is 1. The minimum absolute atomic E-state index is 0.00958. The molecule has 0 spiro atoms. The van der Waals surface area contributed by atoms with Gasteiger partial charge in [-0.1, -0.05) is 24.3 Å². The van der Waals surface area contributed by atoms with Crippen LogP contribution in [0, 0.1) is 5.92 Å². The van der Waals surface area contributed by atoms with Gasteiger partial charge >= 0.3 is 0 Å². The first-order valence-electron chi connectivity index (χ1n) is 10.2. The van der Waals surface area contributed by atoms with Crippen molar-refractivity contribution in [2.75, 3.05) is 10.0 Å². The molecule has 7 nitrogen and oxygen atoms in total. The van der Waals surface area contributed by atoms with E-state index >= 15 is 0 Å². The minimum Gasteiger partial charge on any atom is -0.326 e. The van der Waals surface area contributed by atoms with E-state index in [0.29, 0.717) is 6.42 Å². The van der Waals surface area contributed by atoms with Gasteiger partial charge in [-0.3, -0.25) is 14.5 Å². The Hall–Kier alpha value is -3.78. The summed E-state index contributed by atoms with van der Waals surface area (Å²) >= 11 is 0. The summed E-state index contributed by atoms with van der Waals surface area (Å²) in [5.41, 5.74) is 1.56. The number of carbonyl (C=O) groups is 1. The fraction of sp³-hybridized carbons (Fsp3) is 0.125. The van der Waals surface area contributed by atoms with Crippen molar-refractivity contribution >= 4 is 38.2 Å². The topological polar surface area (TPSA) is 101 Å². The Bertz CT molecular complexity index is 1410. The van der Waals surface area contributed by atoms with E-state index in [9.17, 15) is 13.2 Å². The molecule has 2 aromatic carbocycles. The van der Waals surface area contributed by atoms with E-state index in [0.717, 1.165) is 22.0 Å². The third-order valence-electron chi connectivity index (χ3n) is 5.54. The quantitative estimate of drug-likeness (QED) is 0.465. The predicted octanol–water partition coefficient (Wildman–Crippen LogP) is 4.17. The Morgan fingerprint density at radius 2 is 1.84 bits per heavy atom. The second-order valence-electron chi connectivity index (χ2n) is 7.77. The molecular weight excluding hydrogens is 424 g/mol. The van der Waals surface area contributed by atoms with E-state index in [2.05, 4.69) is 20.0 Å². The molecule has 1 aliphatic carbocycles. The maximum absolute atomic E-state index is 12.8. The zero-order valence-corrected chi connectivity index (χ0v) is 17.8. The number of rotatable bonds is 6. The summed E-state index contributed by atoms with van der Waals surface area (Å²) in [6.45, 7) is 0. The van der Waals surface area contributed by atoms with Gasteiger partial charge in [0.05, 0.1) is 4.90 Å². The van der Waals surface area contributed by atoms with Gasteiger partial charge < -0.3 is 5.32 Å². The number of carbonyl (C=O) groups excluding carboxylic acids is 1. The second kappa shape index (κ2) is 8.05. The van der Waals surface area contributed by atoms with E-state index < -0.39 is 10.0 Å². The summed E-state index contributed by atoms with van der Waals surface area (Å²) in [4.78, 5) is 21.0. The Kier molecular flexibility index (Phi) is 5.07. The number of anilines is 2. The molecule has 2 heterocycles. The van der Waals surface area contributed by atoms with Gasteiger partial charge in [-0.05, 0) is 65.8 Å². The molecule has 5 rings (SSSR count). The zero-order valence-electron chi connectivity index (χ0n) is 17.0. The first kappa shape index (κ1) is 20.1. The number of nitrogens with zero attached hydrogens (tertiary/aromatic N) is 2. The van der Waals surface area contributed by atoms with Gasteiger partial charge in [-0.2, -0.15) is 0 Å². The Balaban J connectivity index is 1.29. The number of hydrogen-bond acceptors (Lipinski definition) is 5. The van der Waals surface area contributed by atoms with Crippen LogP contribution in [0.4, 0.5) is 11.5 Å². The van der Waals surface area contributed by atoms with Gasteiger partial charge in [-0.25, -0.2) is 13.4 Å². The van der Waals surface area contributed by atoms with Crippen molar-refractivity contribution in [3.05, 3.63) is 90.9 Å². The molecule has 1 aliphatic rings. The number of pyridine rings is 2. The van der Waals surface area contributed by atoms with Crippen LogP contribution in [0.15, 0.2) is 90.2 Å². The van der Waals surface area contributed by atoms with Crippen LogP contribution in [-0.4, -0.2) is 24.3 Å². The smallest absolute Gasteiger partial charge is 0.263 e. The number of aromatic nitrogens is 2. The lowest BCUT2D eigenvalue weighted by molar-refractivity contribution is -0.117. The van der Waals surface area contributed by atoms with E-state index in [1.165, 1.54) is 12.3 Å². The van der Waals surface area contributed by atoms with Gasteiger partial charge in [-0.15, -0.1) is 0 Å². The molecule has 160 valence electrons. The van der Waals surface area contributed by atoms with Crippen molar-refractivity contribution in [1.82, 2.24) is 9.97 Å². The molecule has 4 aromatic rings. The van der Waals surface area contributed by atoms with E-state index in [-0.39, 0.29) is 28.5 Å². The van der Waals surface area contributed by atoms with Crippen LogP contribution >= 0.6 is 0 Å². The van der Waals surface area contributed by atoms with E-state index in [1.54, 1.807) is 42.7 Å². The average Bonchev–Trinajstić information content (AvgIpc) is 3.61. The molecule has 0 radical (unpaired) electrons. The van der Waals surface area contributed by atoms with Crippen molar-refractivity contribution < 1.29 is 13.2 Å². The largest absolute Gasteiger partial charge is 0.326 e. The van der Waals surface area contributed by atoms with Crippen molar-refractivity contribution in [1.29, 1.82) is 0 Å². The van der Waals surface area contributed by atoms with Gasteiger partial charge in [0.2, 0.25) is 5.91 Å². The van der Waals surface area contributed by atoms with Crippen LogP contribution in [0.5, 0.6) is 0 Å². The van der Waals surface area contributed by atoms with Gasteiger partial charge in [0, 0.05) is 35.6 Å². The Labute approximate surface area is 185 Å². The number of amides is 1. The summed E-state index contributed by atoms with van der Waals surface area (Å²) in [6.07, 6.45) is 5.70. The Morgan fingerprint density at radius 3 is 2.69 bits per heavy atom. The van der Waals surface area contributed by atoms with Gasteiger partial charge in [0.25, 0.3) is 10.0 Å². The lowest BCUT2D eigenvalue weighted by atomic mass is 10.1. The molecule has 2 aromatic heterocycles. The molecule has 1 fully saturated rings. The van der Waals surface area contributed by atoms with Gasteiger partial charge in [0.15, 0.2) is 0 Å². The SMILES string of the molecule is O=C(Nc1ccc2cnccc2c1)C1CC1c1cccc(S(=O)(=O)Nc2ccccn2)c1. The third kappa shape index (κ3) is 4.17. The third-order valence-corrected chi connectivity index (χ3v) is 6.89. The van der Waals surface area contributed by atoms with Crippen molar-refractivity contribution in [3.8, 4) is 0 Å². The predicted molar refractivity (Wildman–Crippen MR) is 123 cm³/mol. The normalized spacial score (nSPS) is 17.6. The average molecular weight is 445 g/mol. The second-order valence-corrected chi connectivity index (χ2v) is 9.45. The fourth-order valence-electron chi connectivity index (χ4n) is 3.78.